The van der Waals surface area contributed by atoms with E-state index >= 15 is 0 Å². The van der Waals surface area contributed by atoms with Crippen LogP contribution in [0.5, 0.6) is 5.75 Å². The first-order valence-electron chi connectivity index (χ1n) is 17.3. The zero-order valence-corrected chi connectivity index (χ0v) is 29.0. The van der Waals surface area contributed by atoms with Gasteiger partial charge in [-0.25, -0.2) is 4.39 Å². The highest BCUT2D eigenvalue weighted by molar-refractivity contribution is 6.00. The predicted octanol–water partition coefficient (Wildman–Crippen LogP) is 4.17. The first kappa shape index (κ1) is 36.5. The maximum absolute atomic E-state index is 14.3. The van der Waals surface area contributed by atoms with Crippen LogP contribution in [0.1, 0.15) is 61.0 Å². The Morgan fingerprint density at radius 2 is 1.70 bits per heavy atom. The molecule has 2 heterocycles. The summed E-state index contributed by atoms with van der Waals surface area (Å²) in [7, 11) is 1.59. The van der Waals surface area contributed by atoms with Crippen LogP contribution in [0.3, 0.4) is 0 Å². The second kappa shape index (κ2) is 16.8. The predicted molar refractivity (Wildman–Crippen MR) is 187 cm³/mol. The summed E-state index contributed by atoms with van der Waals surface area (Å²) in [4.78, 5) is 56.8. The molecule has 1 fully saturated rings. The van der Waals surface area contributed by atoms with Gasteiger partial charge in [0.1, 0.15) is 30.3 Å². The quantitative estimate of drug-likeness (QED) is 0.343. The number of likely N-dealkylation sites (N-methyl/N-ethyl adjacent to an activating group) is 1. The summed E-state index contributed by atoms with van der Waals surface area (Å²) in [6.07, 6.45) is 1.31. The van der Waals surface area contributed by atoms with Gasteiger partial charge in [-0.15, -0.1) is 0 Å². The van der Waals surface area contributed by atoms with Crippen molar-refractivity contribution in [2.75, 3.05) is 33.4 Å². The molecule has 1 saturated heterocycles. The van der Waals surface area contributed by atoms with Crippen molar-refractivity contribution in [1.82, 2.24) is 20.9 Å². The monoisotopic (exact) mass is 686 g/mol. The minimum atomic E-state index is -1.09. The number of fused-ring (bicyclic) bond motifs is 1. The van der Waals surface area contributed by atoms with E-state index in [9.17, 15) is 23.6 Å². The first-order valence-corrected chi connectivity index (χ1v) is 17.3. The lowest BCUT2D eigenvalue weighted by molar-refractivity contribution is -0.139. The minimum absolute atomic E-state index is 0.0197. The number of benzene rings is 3. The van der Waals surface area contributed by atoms with Crippen molar-refractivity contribution < 1.29 is 33.0 Å². The molecular weight excluding hydrogens is 639 g/mol. The number of ether oxygens (including phenoxy) is 2. The standard InChI is InChI=1S/C39H47FN4O6/c1-26(2)32-24-50-34-15-8-7-14-30(34)36(46)42-31(16-17-35(45)44(3)33(38(48)43-32)22-27-10-5-4-6-11-27)37(47)41-25-39(18-20-49-21-19-39)28-12-9-13-29(40)23-28/h4-15,23,26,31-33H,16-22,24-25H2,1-3H3,(H,41,47)(H,42,46)(H,43,48)/t31-,32-,33-/m0/s1. The Balaban J connectivity index is 1.43. The van der Waals surface area contributed by atoms with Crippen LogP contribution in [0, 0.1) is 11.7 Å². The molecule has 0 aliphatic carbocycles. The summed E-state index contributed by atoms with van der Waals surface area (Å²) < 4.78 is 26.1. The van der Waals surface area contributed by atoms with Crippen LogP contribution in [0.25, 0.3) is 0 Å². The average molecular weight is 687 g/mol. The minimum Gasteiger partial charge on any atom is -0.491 e. The van der Waals surface area contributed by atoms with Gasteiger partial charge in [-0.1, -0.05) is 68.4 Å². The molecule has 3 aromatic rings. The molecule has 11 heteroatoms. The van der Waals surface area contributed by atoms with Crippen molar-refractivity contribution in [1.29, 1.82) is 0 Å². The van der Waals surface area contributed by atoms with Crippen LogP contribution in [0.2, 0.25) is 0 Å². The Bertz CT molecular complexity index is 1640. The number of hydrogen-bond acceptors (Lipinski definition) is 6. The maximum Gasteiger partial charge on any atom is 0.255 e. The van der Waals surface area contributed by atoms with Gasteiger partial charge in [0.25, 0.3) is 5.91 Å². The van der Waals surface area contributed by atoms with E-state index in [1.807, 2.05) is 50.2 Å². The molecule has 2 aliphatic rings. The fourth-order valence-electron chi connectivity index (χ4n) is 6.53. The van der Waals surface area contributed by atoms with E-state index in [2.05, 4.69) is 16.0 Å². The third-order valence-electron chi connectivity index (χ3n) is 9.87. The van der Waals surface area contributed by atoms with Crippen molar-refractivity contribution in [2.45, 2.75) is 69.5 Å². The first-order chi connectivity index (χ1) is 24.1. The largest absolute Gasteiger partial charge is 0.491 e. The highest BCUT2D eigenvalue weighted by atomic mass is 19.1. The summed E-state index contributed by atoms with van der Waals surface area (Å²) in [5.41, 5.74) is 1.31. The number of hydrogen-bond donors (Lipinski definition) is 3. The number of nitrogens with one attached hydrogen (secondary N) is 3. The molecule has 3 N–H and O–H groups in total. The third-order valence-corrected chi connectivity index (χ3v) is 9.87. The number of carbonyl (C=O) groups excluding carboxylic acids is 4. The van der Waals surface area contributed by atoms with Gasteiger partial charge < -0.3 is 30.3 Å². The van der Waals surface area contributed by atoms with Crippen LogP contribution in [-0.2, 0) is 31.0 Å². The summed E-state index contributed by atoms with van der Waals surface area (Å²) in [6, 6.07) is 20.2. The van der Waals surface area contributed by atoms with Gasteiger partial charge in [-0.2, -0.15) is 0 Å². The Kier molecular flexibility index (Phi) is 12.2. The molecule has 0 aromatic heterocycles. The molecule has 0 spiro atoms. The van der Waals surface area contributed by atoms with E-state index in [1.54, 1.807) is 37.4 Å². The number of nitrogens with zero attached hydrogens (tertiary/aromatic N) is 1. The molecule has 0 radical (unpaired) electrons. The highest BCUT2D eigenvalue weighted by Gasteiger charge is 2.37. The summed E-state index contributed by atoms with van der Waals surface area (Å²) in [5.74, 6) is -1.75. The number of rotatable bonds is 7. The van der Waals surface area contributed by atoms with Crippen molar-refractivity contribution in [3.63, 3.8) is 0 Å². The Morgan fingerprint density at radius 3 is 2.42 bits per heavy atom. The van der Waals surface area contributed by atoms with Crippen molar-refractivity contribution in [3.8, 4) is 5.75 Å². The van der Waals surface area contributed by atoms with Crippen LogP contribution in [-0.4, -0.2) is 80.1 Å². The molecule has 266 valence electrons. The zero-order valence-electron chi connectivity index (χ0n) is 29.0. The molecule has 0 unspecified atom stereocenters. The van der Waals surface area contributed by atoms with Crippen LogP contribution in [0.15, 0.2) is 78.9 Å². The van der Waals surface area contributed by atoms with Crippen LogP contribution >= 0.6 is 0 Å². The van der Waals surface area contributed by atoms with Crippen molar-refractivity contribution in [3.05, 3.63) is 101 Å². The van der Waals surface area contributed by atoms with E-state index in [0.717, 1.165) is 11.1 Å². The molecular formula is C39H47FN4O6. The smallest absolute Gasteiger partial charge is 0.255 e. The fourth-order valence-corrected chi connectivity index (χ4v) is 6.53. The molecule has 3 aromatic carbocycles. The molecule has 4 amide bonds. The van der Waals surface area contributed by atoms with Crippen molar-refractivity contribution >= 4 is 23.6 Å². The molecule has 50 heavy (non-hydrogen) atoms. The van der Waals surface area contributed by atoms with E-state index in [1.165, 1.54) is 17.0 Å². The zero-order chi connectivity index (χ0) is 35.7. The Labute approximate surface area is 293 Å². The summed E-state index contributed by atoms with van der Waals surface area (Å²) in [5, 5.41) is 8.95. The Morgan fingerprint density at radius 1 is 0.980 bits per heavy atom. The maximum atomic E-state index is 14.3. The molecule has 0 saturated carbocycles. The number of halogens is 1. The van der Waals surface area contributed by atoms with Gasteiger partial charge >= 0.3 is 0 Å². The van der Waals surface area contributed by atoms with E-state index in [-0.39, 0.29) is 61.5 Å². The number of carbonyl (C=O) groups is 4. The normalized spacial score (nSPS) is 21.9. The lowest BCUT2D eigenvalue weighted by Crippen LogP contribution is -2.54. The van der Waals surface area contributed by atoms with Gasteiger partial charge in [0.15, 0.2) is 0 Å². The second-order valence-corrected chi connectivity index (χ2v) is 13.6. The van der Waals surface area contributed by atoms with Gasteiger partial charge in [0, 0.05) is 45.1 Å². The van der Waals surface area contributed by atoms with E-state index in [4.69, 9.17) is 9.47 Å². The fraction of sp³-hybridized carbons (Fsp3) is 0.436. The molecule has 5 rings (SSSR count). The summed E-state index contributed by atoms with van der Waals surface area (Å²) in [6.45, 7) is 5.11. The van der Waals surface area contributed by atoms with Gasteiger partial charge in [-0.05, 0) is 60.6 Å². The Hall–Kier alpha value is -4.77. The van der Waals surface area contributed by atoms with Gasteiger partial charge in [0.2, 0.25) is 17.7 Å². The third kappa shape index (κ3) is 9.06. The molecule has 2 aliphatic heterocycles. The van der Waals surface area contributed by atoms with E-state index < -0.39 is 35.4 Å². The number of para-hydroxylation sites is 1. The SMILES string of the molecule is CC(C)[C@@H]1COc2ccccc2C(=O)N[C@H](C(=O)NCC2(c3cccc(F)c3)CCOCC2)CCC(=O)N(C)[C@@H](Cc2ccccc2)C(=O)N1. The summed E-state index contributed by atoms with van der Waals surface area (Å²) >= 11 is 0. The van der Waals surface area contributed by atoms with Crippen LogP contribution in [0.4, 0.5) is 4.39 Å². The van der Waals surface area contributed by atoms with E-state index in [0.29, 0.717) is 31.8 Å². The lowest BCUT2D eigenvalue weighted by atomic mass is 9.74. The highest BCUT2D eigenvalue weighted by Crippen LogP contribution is 2.34. The molecule has 3 atom stereocenters. The number of amides is 4. The van der Waals surface area contributed by atoms with Crippen LogP contribution < -0.4 is 20.7 Å². The van der Waals surface area contributed by atoms with Gasteiger partial charge in [-0.3, -0.25) is 19.2 Å². The second-order valence-electron chi connectivity index (χ2n) is 13.6. The molecule has 10 nitrogen and oxygen atoms in total. The van der Waals surface area contributed by atoms with Crippen molar-refractivity contribution in [2.24, 2.45) is 5.92 Å². The molecule has 0 bridgehead atoms. The lowest BCUT2D eigenvalue weighted by Gasteiger charge is -2.38. The van der Waals surface area contributed by atoms with Gasteiger partial charge in [0.05, 0.1) is 11.6 Å². The topological polar surface area (TPSA) is 126 Å². The average Bonchev–Trinajstić information content (AvgIpc) is 3.13.